The van der Waals surface area contributed by atoms with Crippen molar-refractivity contribution in [3.63, 3.8) is 0 Å². The molecule has 30 heavy (non-hydrogen) atoms. The van der Waals surface area contributed by atoms with Crippen molar-refractivity contribution < 1.29 is 0 Å². The highest BCUT2D eigenvalue weighted by molar-refractivity contribution is 5.43. The molecule has 0 saturated heterocycles. The second-order valence-corrected chi connectivity index (χ2v) is 8.71. The zero-order valence-electron chi connectivity index (χ0n) is 19.1. The van der Waals surface area contributed by atoms with Gasteiger partial charge in [-0.25, -0.2) is 0 Å². The monoisotopic (exact) mass is 405 g/mol. The first kappa shape index (κ1) is 24.0. The molecule has 1 unspecified atom stereocenters. The van der Waals surface area contributed by atoms with E-state index in [2.05, 4.69) is 30.9 Å². The molecule has 0 fully saturated rings. The Balaban J connectivity index is 2.12. The molecule has 0 aromatic carbocycles. The van der Waals surface area contributed by atoms with Gasteiger partial charge in [-0.15, -0.1) is 0 Å². The Morgan fingerprint density at radius 1 is 0.933 bits per heavy atom. The third-order valence-electron chi connectivity index (χ3n) is 6.36. The van der Waals surface area contributed by atoms with Gasteiger partial charge in [-0.3, -0.25) is 0 Å². The molecule has 0 aromatic rings. The second-order valence-electron chi connectivity index (χ2n) is 8.71. The van der Waals surface area contributed by atoms with Crippen LogP contribution >= 0.6 is 0 Å². The summed E-state index contributed by atoms with van der Waals surface area (Å²) in [6.45, 7) is 6.93. The fourth-order valence-corrected chi connectivity index (χ4v) is 4.50. The van der Waals surface area contributed by atoms with Gasteiger partial charge in [-0.1, -0.05) is 64.5 Å². The molecule has 0 aliphatic heterocycles. The smallest absolute Gasteiger partial charge is 0.129 e. The number of rotatable bonds is 12. The molecule has 3 nitrogen and oxygen atoms in total. The van der Waals surface area contributed by atoms with Crippen molar-refractivity contribution >= 4 is 0 Å². The molecule has 0 radical (unpaired) electrons. The van der Waals surface area contributed by atoms with Crippen molar-refractivity contribution in [1.82, 2.24) is 4.90 Å². The molecule has 0 bridgehead atoms. The molecule has 2 aliphatic rings. The highest BCUT2D eigenvalue weighted by Crippen LogP contribution is 2.38. The molecule has 0 heterocycles. The van der Waals surface area contributed by atoms with Crippen LogP contribution in [0.3, 0.4) is 0 Å². The summed E-state index contributed by atoms with van der Waals surface area (Å²) >= 11 is 0. The maximum Gasteiger partial charge on any atom is 0.129 e. The van der Waals surface area contributed by atoms with Gasteiger partial charge in [0.25, 0.3) is 0 Å². The van der Waals surface area contributed by atoms with Gasteiger partial charge in [-0.2, -0.15) is 10.5 Å². The Kier molecular flexibility index (Phi) is 11.1. The molecular formula is C27H39N3. The fourth-order valence-electron chi connectivity index (χ4n) is 4.50. The van der Waals surface area contributed by atoms with Crippen molar-refractivity contribution in [2.24, 2.45) is 5.92 Å². The molecule has 162 valence electrons. The quantitative estimate of drug-likeness (QED) is 0.252. The number of nitriles is 2. The van der Waals surface area contributed by atoms with E-state index in [-0.39, 0.29) is 5.57 Å². The van der Waals surface area contributed by atoms with Gasteiger partial charge in [0.05, 0.1) is 0 Å². The van der Waals surface area contributed by atoms with Crippen LogP contribution in [0.4, 0.5) is 0 Å². The Hall–Kier alpha value is -2.26. The molecule has 0 amide bonds. The highest BCUT2D eigenvalue weighted by atomic mass is 15.1. The minimum Gasteiger partial charge on any atom is -0.375 e. The minimum absolute atomic E-state index is 0.174. The lowest BCUT2D eigenvalue weighted by Crippen LogP contribution is -2.28. The third kappa shape index (κ3) is 7.87. The molecule has 1 atom stereocenters. The summed E-state index contributed by atoms with van der Waals surface area (Å²) in [5.41, 5.74) is 4.38. The molecule has 2 rings (SSSR count). The van der Waals surface area contributed by atoms with Crippen molar-refractivity contribution in [2.75, 3.05) is 13.1 Å². The van der Waals surface area contributed by atoms with E-state index in [1.807, 2.05) is 18.2 Å². The van der Waals surface area contributed by atoms with Crippen LogP contribution in [0.15, 0.2) is 46.7 Å². The Morgan fingerprint density at radius 3 is 2.17 bits per heavy atom. The summed E-state index contributed by atoms with van der Waals surface area (Å²) in [5, 5.41) is 17.9. The van der Waals surface area contributed by atoms with Crippen molar-refractivity contribution in [2.45, 2.75) is 90.9 Å². The average Bonchev–Trinajstić information content (AvgIpc) is 2.78. The molecule has 3 heteroatoms. The minimum atomic E-state index is 0.174. The van der Waals surface area contributed by atoms with Crippen molar-refractivity contribution in [3.8, 4) is 12.1 Å². The number of nitrogens with zero attached hydrogens (tertiary/aromatic N) is 3. The van der Waals surface area contributed by atoms with Crippen molar-refractivity contribution in [3.05, 3.63) is 46.7 Å². The van der Waals surface area contributed by atoms with Gasteiger partial charge in [0.2, 0.25) is 0 Å². The van der Waals surface area contributed by atoms with Crippen LogP contribution in [0.1, 0.15) is 90.9 Å². The van der Waals surface area contributed by atoms with E-state index in [4.69, 9.17) is 10.5 Å². The third-order valence-corrected chi connectivity index (χ3v) is 6.36. The number of allylic oxidation sites excluding steroid dienone is 8. The maximum atomic E-state index is 8.95. The predicted molar refractivity (Wildman–Crippen MR) is 125 cm³/mol. The zero-order valence-corrected chi connectivity index (χ0v) is 19.1. The number of fused-ring (bicyclic) bond motifs is 1. The normalized spacial score (nSPS) is 19.2. The Morgan fingerprint density at radius 2 is 1.57 bits per heavy atom. The lowest BCUT2D eigenvalue weighted by molar-refractivity contribution is 0.300. The van der Waals surface area contributed by atoms with Crippen LogP contribution in [0.2, 0.25) is 0 Å². The van der Waals surface area contributed by atoms with Crippen LogP contribution in [-0.4, -0.2) is 18.0 Å². The molecule has 0 saturated carbocycles. The fraction of sp³-hybridized carbons (Fsp3) is 0.630. The first-order valence-electron chi connectivity index (χ1n) is 12.1. The lowest BCUT2D eigenvalue weighted by atomic mass is 9.78. The van der Waals surface area contributed by atoms with E-state index in [1.54, 1.807) is 6.08 Å². The van der Waals surface area contributed by atoms with Crippen LogP contribution < -0.4 is 0 Å². The predicted octanol–water partition coefficient (Wildman–Crippen LogP) is 7.36. The van der Waals surface area contributed by atoms with Crippen LogP contribution in [0.5, 0.6) is 0 Å². The maximum absolute atomic E-state index is 8.95. The van der Waals surface area contributed by atoms with E-state index < -0.39 is 0 Å². The van der Waals surface area contributed by atoms with E-state index in [0.29, 0.717) is 5.92 Å². The molecule has 0 aromatic heterocycles. The Bertz CT molecular complexity index is 711. The van der Waals surface area contributed by atoms with Gasteiger partial charge in [0.1, 0.15) is 17.7 Å². The Labute approximate surface area is 184 Å². The summed E-state index contributed by atoms with van der Waals surface area (Å²) in [6.07, 6.45) is 23.6. The standard InChI is InChI=1S/C27H39N3/c1-3-5-7-9-17-30(18-10-8-6-4-2)27-16-15-25-14-13-23(19-26(25)20-27)11-12-24(21-28)22-29/h11-12,19-20,25H,3-10,13-18H2,1-2H3. The summed E-state index contributed by atoms with van der Waals surface area (Å²) < 4.78 is 0. The SMILES string of the molecule is CCCCCCN(CCCCCC)C1=CC2=CC(=CC=C(C#N)C#N)CCC2CC1. The molecule has 2 aliphatic carbocycles. The van der Waals surface area contributed by atoms with E-state index in [0.717, 1.165) is 6.42 Å². The van der Waals surface area contributed by atoms with Crippen LogP contribution in [0.25, 0.3) is 0 Å². The van der Waals surface area contributed by atoms with Crippen LogP contribution in [-0.2, 0) is 0 Å². The summed E-state index contributed by atoms with van der Waals surface area (Å²) in [5.74, 6) is 0.670. The largest absolute Gasteiger partial charge is 0.375 e. The van der Waals surface area contributed by atoms with Gasteiger partial charge >= 0.3 is 0 Å². The first-order chi connectivity index (χ1) is 14.7. The highest BCUT2D eigenvalue weighted by Gasteiger charge is 2.24. The molecular weight excluding hydrogens is 366 g/mol. The molecule has 0 spiro atoms. The van der Waals surface area contributed by atoms with E-state index >= 15 is 0 Å². The van der Waals surface area contributed by atoms with Gasteiger partial charge in [0, 0.05) is 18.8 Å². The van der Waals surface area contributed by atoms with E-state index in [1.165, 1.54) is 101 Å². The number of hydrogen-bond acceptors (Lipinski definition) is 3. The van der Waals surface area contributed by atoms with Gasteiger partial charge in [0.15, 0.2) is 0 Å². The van der Waals surface area contributed by atoms with Gasteiger partial charge < -0.3 is 4.90 Å². The number of hydrogen-bond donors (Lipinski definition) is 0. The summed E-state index contributed by atoms with van der Waals surface area (Å²) in [4.78, 5) is 2.67. The summed E-state index contributed by atoms with van der Waals surface area (Å²) in [6, 6.07) is 3.89. The number of unbranched alkanes of at least 4 members (excludes halogenated alkanes) is 6. The zero-order chi connectivity index (χ0) is 21.6. The average molecular weight is 406 g/mol. The molecule has 0 N–H and O–H groups in total. The summed E-state index contributed by atoms with van der Waals surface area (Å²) in [7, 11) is 0. The van der Waals surface area contributed by atoms with E-state index in [9.17, 15) is 0 Å². The lowest BCUT2D eigenvalue weighted by Gasteiger charge is -2.35. The van der Waals surface area contributed by atoms with Gasteiger partial charge in [-0.05, 0) is 67.7 Å². The first-order valence-corrected chi connectivity index (χ1v) is 12.1. The van der Waals surface area contributed by atoms with Crippen molar-refractivity contribution in [1.29, 1.82) is 10.5 Å². The second kappa shape index (κ2) is 13.9. The topological polar surface area (TPSA) is 50.8 Å². The van der Waals surface area contributed by atoms with Crippen LogP contribution in [0, 0.1) is 28.6 Å².